The number of hydrogen-bond acceptors (Lipinski definition) is 4. The minimum absolute atomic E-state index is 0.862. The van der Waals surface area contributed by atoms with Gasteiger partial charge in [-0.1, -0.05) is 12.1 Å². The maximum Gasteiger partial charge on any atom is 0.0738 e. The van der Waals surface area contributed by atoms with Gasteiger partial charge in [0.15, 0.2) is 0 Å². The average Bonchev–Trinajstić information content (AvgIpc) is 2.77. The molecule has 1 aliphatic heterocycles. The number of likely N-dealkylation sites (tertiary alicyclic amines) is 1. The summed E-state index contributed by atoms with van der Waals surface area (Å²) in [6.45, 7) is 8.08. The van der Waals surface area contributed by atoms with E-state index in [1.165, 1.54) is 38.9 Å². The van der Waals surface area contributed by atoms with E-state index in [1.807, 2.05) is 17.9 Å². The molecule has 5 nitrogen and oxygen atoms in total. The Morgan fingerprint density at radius 2 is 2.17 bits per heavy atom. The molecule has 0 unspecified atom stereocenters. The molecular formula is C13H25N5. The smallest absolute Gasteiger partial charge is 0.0738 e. The molecular weight excluding hydrogens is 226 g/mol. The second-order valence-electron chi connectivity index (χ2n) is 5.40. The van der Waals surface area contributed by atoms with Crippen molar-refractivity contribution in [3.05, 3.63) is 11.9 Å². The van der Waals surface area contributed by atoms with Crippen LogP contribution in [0.1, 0.15) is 31.9 Å². The molecule has 2 rings (SSSR count). The van der Waals surface area contributed by atoms with Crippen molar-refractivity contribution in [2.75, 3.05) is 26.2 Å². The van der Waals surface area contributed by atoms with E-state index in [2.05, 4.69) is 27.5 Å². The summed E-state index contributed by atoms with van der Waals surface area (Å²) in [6.07, 6.45) is 5.78. The first-order valence-electron chi connectivity index (χ1n) is 7.02. The van der Waals surface area contributed by atoms with E-state index >= 15 is 0 Å². The molecule has 0 aromatic carbocycles. The van der Waals surface area contributed by atoms with Gasteiger partial charge >= 0.3 is 0 Å². The number of rotatable bonds is 6. The van der Waals surface area contributed by atoms with E-state index in [0.29, 0.717) is 0 Å². The van der Waals surface area contributed by atoms with Crippen LogP contribution in [0.2, 0.25) is 0 Å². The third-order valence-corrected chi connectivity index (χ3v) is 3.82. The summed E-state index contributed by atoms with van der Waals surface area (Å²) in [5, 5.41) is 11.2. The third kappa shape index (κ3) is 4.07. The molecule has 1 N–H and O–H groups in total. The number of nitrogens with zero attached hydrogens (tertiary/aromatic N) is 4. The molecule has 0 atom stereocenters. The first-order chi connectivity index (χ1) is 8.75. The highest BCUT2D eigenvalue weighted by molar-refractivity contribution is 4.91. The minimum Gasteiger partial charge on any atom is -0.311 e. The second-order valence-corrected chi connectivity index (χ2v) is 5.40. The van der Waals surface area contributed by atoms with Gasteiger partial charge in [-0.05, 0) is 51.4 Å². The summed E-state index contributed by atoms with van der Waals surface area (Å²) in [7, 11) is 1.93. The normalized spacial score (nSPS) is 18.3. The zero-order valence-corrected chi connectivity index (χ0v) is 11.6. The minimum atomic E-state index is 0.862. The van der Waals surface area contributed by atoms with E-state index in [-0.39, 0.29) is 0 Å². The van der Waals surface area contributed by atoms with Crippen molar-refractivity contribution >= 4 is 0 Å². The summed E-state index contributed by atoms with van der Waals surface area (Å²) in [5.41, 5.74) is 1.14. The zero-order valence-electron chi connectivity index (χ0n) is 11.6. The highest BCUT2D eigenvalue weighted by Gasteiger charge is 2.14. The summed E-state index contributed by atoms with van der Waals surface area (Å²) in [5.74, 6) is 0.928. The van der Waals surface area contributed by atoms with Crippen molar-refractivity contribution < 1.29 is 0 Å². The summed E-state index contributed by atoms with van der Waals surface area (Å²) in [4.78, 5) is 2.59. The molecule has 0 radical (unpaired) electrons. The molecule has 102 valence electrons. The van der Waals surface area contributed by atoms with Crippen molar-refractivity contribution in [1.82, 2.24) is 25.2 Å². The fraction of sp³-hybridized carbons (Fsp3) is 0.846. The number of aromatic nitrogens is 3. The number of piperidine rings is 1. The van der Waals surface area contributed by atoms with Crippen LogP contribution in [-0.2, 0) is 13.6 Å². The zero-order chi connectivity index (χ0) is 12.8. The lowest BCUT2D eigenvalue weighted by molar-refractivity contribution is 0.190. The molecule has 0 saturated carbocycles. The molecule has 2 heterocycles. The molecule has 5 heteroatoms. The standard InChI is InChI=1S/C13H25N5/c1-12-4-8-18(9-5-12)7-3-6-14-10-13-11-15-16-17(13)2/h11-12,14H,3-10H2,1-2H3. The van der Waals surface area contributed by atoms with Gasteiger partial charge in [-0.15, -0.1) is 5.10 Å². The Kier molecular flexibility index (Phi) is 5.13. The van der Waals surface area contributed by atoms with E-state index in [9.17, 15) is 0 Å². The Labute approximate surface area is 110 Å². The quantitative estimate of drug-likeness (QED) is 0.767. The third-order valence-electron chi connectivity index (χ3n) is 3.82. The first-order valence-corrected chi connectivity index (χ1v) is 7.02. The van der Waals surface area contributed by atoms with Crippen LogP contribution in [-0.4, -0.2) is 46.1 Å². The van der Waals surface area contributed by atoms with Crippen molar-refractivity contribution in [3.63, 3.8) is 0 Å². The molecule has 0 bridgehead atoms. The molecule has 1 aliphatic rings. The molecule has 0 aliphatic carbocycles. The summed E-state index contributed by atoms with van der Waals surface area (Å²) in [6, 6.07) is 0. The molecule has 0 spiro atoms. The number of nitrogens with one attached hydrogen (secondary N) is 1. The Morgan fingerprint density at radius 3 is 2.83 bits per heavy atom. The molecule has 1 fully saturated rings. The van der Waals surface area contributed by atoms with E-state index < -0.39 is 0 Å². The van der Waals surface area contributed by atoms with Crippen molar-refractivity contribution in [2.24, 2.45) is 13.0 Å². The van der Waals surface area contributed by atoms with Crippen LogP contribution in [0.4, 0.5) is 0 Å². The SMILES string of the molecule is CC1CCN(CCCNCc2cnnn2C)CC1. The Bertz CT molecular complexity index is 341. The molecule has 1 aromatic rings. The number of hydrogen-bond donors (Lipinski definition) is 1. The van der Waals surface area contributed by atoms with E-state index in [0.717, 1.165) is 24.7 Å². The van der Waals surface area contributed by atoms with Crippen LogP contribution in [0.25, 0.3) is 0 Å². The number of aryl methyl sites for hydroxylation is 1. The van der Waals surface area contributed by atoms with Crippen LogP contribution in [0.3, 0.4) is 0 Å². The van der Waals surface area contributed by atoms with Gasteiger partial charge in [0, 0.05) is 13.6 Å². The topological polar surface area (TPSA) is 46.0 Å². The highest BCUT2D eigenvalue weighted by Crippen LogP contribution is 2.15. The monoisotopic (exact) mass is 251 g/mol. The van der Waals surface area contributed by atoms with Gasteiger partial charge in [-0.2, -0.15) is 0 Å². The van der Waals surface area contributed by atoms with Crippen LogP contribution < -0.4 is 5.32 Å². The maximum absolute atomic E-state index is 3.91. The van der Waals surface area contributed by atoms with Crippen molar-refractivity contribution in [3.8, 4) is 0 Å². The predicted octanol–water partition coefficient (Wildman–Crippen LogP) is 1.03. The van der Waals surface area contributed by atoms with Gasteiger partial charge in [0.05, 0.1) is 11.9 Å². The summed E-state index contributed by atoms with van der Waals surface area (Å²) >= 11 is 0. The highest BCUT2D eigenvalue weighted by atomic mass is 15.4. The molecule has 1 saturated heterocycles. The summed E-state index contributed by atoms with van der Waals surface area (Å²) < 4.78 is 1.82. The van der Waals surface area contributed by atoms with Crippen LogP contribution in [0.15, 0.2) is 6.20 Å². The Morgan fingerprint density at radius 1 is 1.39 bits per heavy atom. The first kappa shape index (κ1) is 13.5. The average molecular weight is 251 g/mol. The Balaban J connectivity index is 1.53. The van der Waals surface area contributed by atoms with Gasteiger partial charge in [0.1, 0.15) is 0 Å². The van der Waals surface area contributed by atoms with Gasteiger partial charge in [-0.25, -0.2) is 0 Å². The van der Waals surface area contributed by atoms with Crippen LogP contribution in [0, 0.1) is 5.92 Å². The predicted molar refractivity (Wildman–Crippen MR) is 72.2 cm³/mol. The molecule has 0 amide bonds. The Hall–Kier alpha value is -0.940. The van der Waals surface area contributed by atoms with Gasteiger partial charge in [0.2, 0.25) is 0 Å². The lowest BCUT2D eigenvalue weighted by atomic mass is 9.99. The van der Waals surface area contributed by atoms with Gasteiger partial charge < -0.3 is 10.2 Å². The lowest BCUT2D eigenvalue weighted by Crippen LogP contribution is -2.34. The largest absolute Gasteiger partial charge is 0.311 e. The van der Waals surface area contributed by atoms with E-state index in [1.54, 1.807) is 0 Å². The van der Waals surface area contributed by atoms with Crippen molar-refractivity contribution in [1.29, 1.82) is 0 Å². The maximum atomic E-state index is 3.91. The van der Waals surface area contributed by atoms with E-state index in [4.69, 9.17) is 0 Å². The lowest BCUT2D eigenvalue weighted by Gasteiger charge is -2.30. The fourth-order valence-corrected chi connectivity index (χ4v) is 2.40. The fourth-order valence-electron chi connectivity index (χ4n) is 2.40. The van der Waals surface area contributed by atoms with Crippen molar-refractivity contribution in [2.45, 2.75) is 32.7 Å². The van der Waals surface area contributed by atoms with Gasteiger partial charge in [0.25, 0.3) is 0 Å². The van der Waals surface area contributed by atoms with Crippen LogP contribution in [0.5, 0.6) is 0 Å². The van der Waals surface area contributed by atoms with Gasteiger partial charge in [-0.3, -0.25) is 4.68 Å². The molecule has 1 aromatic heterocycles. The second kappa shape index (κ2) is 6.85. The van der Waals surface area contributed by atoms with Crippen LogP contribution >= 0.6 is 0 Å². The molecule has 18 heavy (non-hydrogen) atoms.